The van der Waals surface area contributed by atoms with E-state index in [1.807, 2.05) is 35.9 Å². The number of carbonyl (C=O) groups excluding carboxylic acids is 1. The minimum absolute atomic E-state index is 0.137. The van der Waals surface area contributed by atoms with Crippen LogP contribution in [0.3, 0.4) is 0 Å². The monoisotopic (exact) mass is 592 g/mol. The number of hydrogen-bond acceptors (Lipinski definition) is 7. The number of hydrogen-bond donors (Lipinski definition) is 1. The number of nitrogens with one attached hydrogen (secondary N) is 1. The van der Waals surface area contributed by atoms with Crippen molar-refractivity contribution < 1.29 is 4.79 Å². The predicted octanol–water partition coefficient (Wildman–Crippen LogP) is 6.36. The highest BCUT2D eigenvalue weighted by molar-refractivity contribution is 9.10. The summed E-state index contributed by atoms with van der Waals surface area (Å²) in [5.74, 6) is -0.0612. The summed E-state index contributed by atoms with van der Waals surface area (Å²) in [5, 5.41) is 14.6. The second-order valence-corrected chi connectivity index (χ2v) is 11.2. The molecule has 0 aliphatic heterocycles. The van der Waals surface area contributed by atoms with Gasteiger partial charge in [0.2, 0.25) is 11.1 Å². The Bertz CT molecular complexity index is 1550. The number of rotatable bonds is 6. The first kappa shape index (κ1) is 23.5. The maximum absolute atomic E-state index is 12.5. The Labute approximate surface area is 221 Å². The zero-order valence-corrected chi connectivity index (χ0v) is 22.3. The summed E-state index contributed by atoms with van der Waals surface area (Å²) in [5.41, 5.74) is 3.36. The van der Waals surface area contributed by atoms with Crippen LogP contribution >= 0.6 is 62.2 Å². The van der Waals surface area contributed by atoms with Crippen molar-refractivity contribution in [2.24, 2.45) is 7.05 Å². The molecule has 34 heavy (non-hydrogen) atoms. The summed E-state index contributed by atoms with van der Waals surface area (Å²) >= 11 is 18.4. The molecule has 0 aliphatic rings. The van der Waals surface area contributed by atoms with E-state index in [1.165, 1.54) is 23.1 Å². The average molecular weight is 594 g/mol. The summed E-state index contributed by atoms with van der Waals surface area (Å²) in [6.07, 6.45) is 2.31. The van der Waals surface area contributed by atoms with Crippen LogP contribution in [-0.2, 0) is 18.3 Å². The second-order valence-electron chi connectivity index (χ2n) is 7.37. The van der Waals surface area contributed by atoms with Gasteiger partial charge in [0.25, 0.3) is 0 Å². The molecule has 5 rings (SSSR count). The smallest absolute Gasteiger partial charge is 0.236 e. The molecule has 5 aromatic rings. The molecule has 2 aromatic carbocycles. The van der Waals surface area contributed by atoms with Crippen LogP contribution in [0.4, 0.5) is 5.13 Å². The van der Waals surface area contributed by atoms with Gasteiger partial charge in [-0.15, -0.1) is 21.5 Å². The van der Waals surface area contributed by atoms with E-state index >= 15 is 0 Å². The Morgan fingerprint density at radius 3 is 2.91 bits per heavy atom. The van der Waals surface area contributed by atoms with Gasteiger partial charge in [0.15, 0.2) is 10.8 Å². The van der Waals surface area contributed by atoms with Gasteiger partial charge in [-0.3, -0.25) is 4.79 Å². The van der Waals surface area contributed by atoms with Crippen molar-refractivity contribution in [3.8, 4) is 0 Å². The number of carbonyl (C=O) groups is 1. The molecule has 0 atom stereocenters. The molecule has 0 aliphatic carbocycles. The van der Waals surface area contributed by atoms with E-state index in [1.54, 1.807) is 18.3 Å². The number of aryl methyl sites for hydroxylation is 1. The van der Waals surface area contributed by atoms with Crippen LogP contribution in [0, 0.1) is 0 Å². The van der Waals surface area contributed by atoms with Gasteiger partial charge in [0, 0.05) is 44.4 Å². The van der Waals surface area contributed by atoms with E-state index in [9.17, 15) is 4.79 Å². The number of halogens is 3. The first-order chi connectivity index (χ1) is 16.4. The lowest BCUT2D eigenvalue weighted by atomic mass is 10.1. The normalized spacial score (nSPS) is 11.4. The second kappa shape index (κ2) is 9.79. The maximum Gasteiger partial charge on any atom is 0.236 e. The Balaban J connectivity index is 1.24. The fourth-order valence-corrected chi connectivity index (χ4v) is 5.65. The fourth-order valence-electron chi connectivity index (χ4n) is 3.48. The van der Waals surface area contributed by atoms with Crippen molar-refractivity contribution in [3.05, 3.63) is 67.6 Å². The number of fused-ring (bicyclic) bond motifs is 3. The van der Waals surface area contributed by atoms with Crippen LogP contribution in [0.25, 0.3) is 22.1 Å². The van der Waals surface area contributed by atoms with Crippen molar-refractivity contribution >= 4 is 95.3 Å². The van der Waals surface area contributed by atoms with Crippen LogP contribution in [0.2, 0.25) is 10.0 Å². The molecule has 0 fully saturated rings. The third-order valence-electron chi connectivity index (χ3n) is 5.05. The zero-order chi connectivity index (χ0) is 23.8. The third-order valence-corrected chi connectivity index (χ3v) is 7.89. The molecule has 3 aromatic heterocycles. The minimum atomic E-state index is -0.198. The van der Waals surface area contributed by atoms with Gasteiger partial charge in [0.1, 0.15) is 5.52 Å². The Morgan fingerprint density at radius 1 is 1.21 bits per heavy atom. The number of benzene rings is 2. The van der Waals surface area contributed by atoms with Gasteiger partial charge < -0.3 is 9.88 Å². The molecular weight excluding hydrogens is 579 g/mol. The van der Waals surface area contributed by atoms with Crippen LogP contribution in [0.15, 0.2) is 52.2 Å². The molecule has 0 unspecified atom stereocenters. The summed E-state index contributed by atoms with van der Waals surface area (Å²) in [4.78, 5) is 22.3. The van der Waals surface area contributed by atoms with E-state index < -0.39 is 0 Å². The van der Waals surface area contributed by atoms with E-state index in [4.69, 9.17) is 23.2 Å². The van der Waals surface area contributed by atoms with Gasteiger partial charge in [-0.25, -0.2) is 9.97 Å². The maximum atomic E-state index is 12.5. The SMILES string of the molecule is Cn1c2ccc(Br)cc2c2nnc(SCC(=O)Nc3ncc(Cc4cc(Cl)ccc4Cl)s3)nc21. The number of thiazole rings is 1. The Kier molecular flexibility index (Phi) is 6.76. The molecular formula is C22H15BrCl2N6OS2. The van der Waals surface area contributed by atoms with Crippen LogP contribution in [-0.4, -0.2) is 36.4 Å². The first-order valence-corrected chi connectivity index (χ1v) is 13.3. The highest BCUT2D eigenvalue weighted by atomic mass is 79.9. The summed E-state index contributed by atoms with van der Waals surface area (Å²) in [6, 6.07) is 11.3. The van der Waals surface area contributed by atoms with Crippen molar-refractivity contribution in [2.75, 3.05) is 11.1 Å². The molecule has 0 radical (unpaired) electrons. The first-order valence-electron chi connectivity index (χ1n) is 9.97. The van der Waals surface area contributed by atoms with Gasteiger partial charge in [-0.05, 0) is 42.0 Å². The molecule has 7 nitrogen and oxygen atoms in total. The number of aromatic nitrogens is 5. The molecule has 0 spiro atoms. The fraction of sp³-hybridized carbons (Fsp3) is 0.136. The standard InChI is InChI=1S/C22H15BrCl2N6OS2/c1-31-17-5-2-12(23)8-15(17)19-20(31)28-22(30-29-19)33-10-18(32)27-21-26-9-14(34-21)7-11-6-13(24)3-4-16(11)25/h2-6,8-9H,7,10H2,1H3,(H,26,27,32). The molecule has 12 heteroatoms. The molecule has 1 amide bonds. The van der Waals surface area contributed by atoms with Crippen LogP contribution in [0.1, 0.15) is 10.4 Å². The van der Waals surface area contributed by atoms with Crippen molar-refractivity contribution in [2.45, 2.75) is 11.6 Å². The topological polar surface area (TPSA) is 85.6 Å². The zero-order valence-electron chi connectivity index (χ0n) is 17.6. The number of amides is 1. The van der Waals surface area contributed by atoms with Gasteiger partial charge in [0.05, 0.1) is 11.3 Å². The predicted molar refractivity (Wildman–Crippen MR) is 142 cm³/mol. The summed E-state index contributed by atoms with van der Waals surface area (Å²) < 4.78 is 2.93. The number of thioether (sulfide) groups is 1. The molecule has 0 saturated carbocycles. The highest BCUT2D eigenvalue weighted by Gasteiger charge is 2.15. The van der Waals surface area contributed by atoms with E-state index in [2.05, 4.69) is 41.4 Å². The minimum Gasteiger partial charge on any atom is -0.327 e. The lowest BCUT2D eigenvalue weighted by molar-refractivity contribution is -0.113. The average Bonchev–Trinajstić information content (AvgIpc) is 3.36. The molecule has 1 N–H and O–H groups in total. The van der Waals surface area contributed by atoms with Crippen molar-refractivity contribution in [1.29, 1.82) is 0 Å². The van der Waals surface area contributed by atoms with E-state index in [-0.39, 0.29) is 11.7 Å². The lowest BCUT2D eigenvalue weighted by Crippen LogP contribution is -2.14. The van der Waals surface area contributed by atoms with Crippen LogP contribution < -0.4 is 5.32 Å². The van der Waals surface area contributed by atoms with Crippen molar-refractivity contribution in [3.63, 3.8) is 0 Å². The largest absolute Gasteiger partial charge is 0.327 e. The number of anilines is 1. The van der Waals surface area contributed by atoms with Gasteiger partial charge in [-0.2, -0.15) is 0 Å². The highest BCUT2D eigenvalue weighted by Crippen LogP contribution is 2.29. The Morgan fingerprint density at radius 2 is 2.06 bits per heavy atom. The van der Waals surface area contributed by atoms with Crippen LogP contribution in [0.5, 0.6) is 0 Å². The Hall–Kier alpha value is -2.24. The summed E-state index contributed by atoms with van der Waals surface area (Å²) in [6.45, 7) is 0. The molecule has 0 bridgehead atoms. The number of nitrogens with zero attached hydrogens (tertiary/aromatic N) is 5. The van der Waals surface area contributed by atoms with Gasteiger partial charge in [-0.1, -0.05) is 50.9 Å². The molecule has 3 heterocycles. The van der Waals surface area contributed by atoms with E-state index in [0.29, 0.717) is 26.8 Å². The lowest BCUT2D eigenvalue weighted by Gasteiger charge is -2.03. The van der Waals surface area contributed by atoms with Crippen molar-refractivity contribution in [1.82, 2.24) is 24.7 Å². The third kappa shape index (κ3) is 4.92. The van der Waals surface area contributed by atoms with E-state index in [0.717, 1.165) is 37.0 Å². The molecule has 172 valence electrons. The van der Waals surface area contributed by atoms with Gasteiger partial charge >= 0.3 is 0 Å². The molecule has 0 saturated heterocycles. The summed E-state index contributed by atoms with van der Waals surface area (Å²) in [7, 11) is 1.94. The quantitative estimate of drug-likeness (QED) is 0.230.